The highest BCUT2D eigenvalue weighted by Crippen LogP contribution is 2.65. The number of hydrogen-bond acceptors (Lipinski definition) is 4. The van der Waals surface area contributed by atoms with Crippen molar-refractivity contribution in [3.05, 3.63) is 196 Å². The lowest BCUT2D eigenvalue weighted by atomic mass is 9.71. The highest BCUT2D eigenvalue weighted by molar-refractivity contribution is 6.08. The summed E-state index contributed by atoms with van der Waals surface area (Å²) >= 11 is 0. The number of nitrogens with zero attached hydrogens (tertiary/aromatic N) is 4. The van der Waals surface area contributed by atoms with Gasteiger partial charge in [0.15, 0.2) is 0 Å². The van der Waals surface area contributed by atoms with E-state index in [2.05, 4.69) is 236 Å². The normalized spacial score (nSPS) is 16.1. The second-order valence-electron chi connectivity index (χ2n) is 19.7. The summed E-state index contributed by atoms with van der Waals surface area (Å²) in [6.45, 7) is 23.3. The number of anilines is 9. The van der Waals surface area contributed by atoms with Crippen LogP contribution in [0.1, 0.15) is 131 Å². The highest BCUT2D eigenvalue weighted by Gasteiger charge is 2.47. The molecule has 0 saturated carbocycles. The van der Waals surface area contributed by atoms with E-state index in [0.29, 0.717) is 5.56 Å². The van der Waals surface area contributed by atoms with Gasteiger partial charge in [0.05, 0.1) is 56.7 Å². The van der Waals surface area contributed by atoms with Gasteiger partial charge < -0.3 is 14.7 Å². The molecule has 62 heavy (non-hydrogen) atoms. The highest BCUT2D eigenvalue weighted by atomic mass is 15.3. The van der Waals surface area contributed by atoms with Crippen LogP contribution in [0, 0.1) is 11.3 Å². The summed E-state index contributed by atoms with van der Waals surface area (Å²) in [5, 5.41) is 12.1. The Hall–Kier alpha value is -6.57. The number of rotatable bonds is 5. The molecule has 7 aromatic rings. The van der Waals surface area contributed by atoms with E-state index in [4.69, 9.17) is 0 Å². The lowest BCUT2D eigenvalue weighted by molar-refractivity contribution is 0.629. The number of fused-ring (bicyclic) bond motifs is 6. The Labute approximate surface area is 368 Å². The molecule has 0 atom stereocenters. The maximum absolute atomic E-state index is 12.1. The molecule has 10 rings (SSSR count). The molecule has 0 spiro atoms. The number of nitriles is 1. The van der Waals surface area contributed by atoms with Crippen LogP contribution in [-0.2, 0) is 16.2 Å². The molecule has 0 bridgehead atoms. The fourth-order valence-electron chi connectivity index (χ4n) is 11.4. The molecule has 3 heterocycles. The minimum atomic E-state index is -0.289. The topological polar surface area (TPSA) is 33.5 Å². The van der Waals surface area contributed by atoms with Crippen molar-refractivity contribution < 1.29 is 0 Å². The second-order valence-corrected chi connectivity index (χ2v) is 19.7. The van der Waals surface area contributed by atoms with Gasteiger partial charge in [0, 0.05) is 16.2 Å². The molecule has 4 nitrogen and oxygen atoms in total. The third-order valence-electron chi connectivity index (χ3n) is 14.3. The summed E-state index contributed by atoms with van der Waals surface area (Å²) in [6.07, 6.45) is 0. The van der Waals surface area contributed by atoms with E-state index in [0.717, 1.165) is 56.7 Å². The molecule has 0 N–H and O–H groups in total. The molecule has 7 aromatic carbocycles. The van der Waals surface area contributed by atoms with Gasteiger partial charge in [-0.05, 0) is 92.7 Å². The van der Waals surface area contributed by atoms with E-state index in [1.54, 1.807) is 0 Å². The van der Waals surface area contributed by atoms with Crippen molar-refractivity contribution in [3.63, 3.8) is 0 Å². The van der Waals surface area contributed by atoms with Gasteiger partial charge in [0.2, 0.25) is 0 Å². The Morgan fingerprint density at radius 2 is 0.597 bits per heavy atom. The van der Waals surface area contributed by atoms with E-state index >= 15 is 0 Å². The SMILES string of the molecule is CC(C)c1c(C#N)c(N2c3ccccc3C(C)(C)c3ccccc32)c(N2c3ccccc3C(C)(C)c3ccccc32)c(N2c3ccccc3C(C)(C)c3ccccc32)c1C(C)C. The largest absolute Gasteiger partial charge is 0.307 e. The van der Waals surface area contributed by atoms with E-state index in [9.17, 15) is 5.26 Å². The van der Waals surface area contributed by atoms with Gasteiger partial charge >= 0.3 is 0 Å². The zero-order valence-electron chi connectivity index (χ0n) is 37.8. The van der Waals surface area contributed by atoms with Gasteiger partial charge in [-0.2, -0.15) is 5.26 Å². The summed E-state index contributed by atoms with van der Waals surface area (Å²) in [5.41, 5.74) is 19.4. The minimum Gasteiger partial charge on any atom is -0.307 e. The molecular formula is C58H56N4. The Morgan fingerprint density at radius 1 is 0.355 bits per heavy atom. The van der Waals surface area contributed by atoms with Crippen molar-refractivity contribution in [2.75, 3.05) is 14.7 Å². The Bertz CT molecular complexity index is 2840. The first-order chi connectivity index (χ1) is 29.7. The van der Waals surface area contributed by atoms with Crippen LogP contribution < -0.4 is 14.7 Å². The van der Waals surface area contributed by atoms with Gasteiger partial charge in [-0.25, -0.2) is 0 Å². The molecule has 0 aromatic heterocycles. The van der Waals surface area contributed by atoms with Crippen molar-refractivity contribution in [1.29, 1.82) is 5.26 Å². The van der Waals surface area contributed by atoms with Crippen molar-refractivity contribution in [2.24, 2.45) is 0 Å². The van der Waals surface area contributed by atoms with Crippen LogP contribution in [0.3, 0.4) is 0 Å². The lowest BCUT2D eigenvalue weighted by Crippen LogP contribution is -2.36. The second kappa shape index (κ2) is 14.0. The lowest BCUT2D eigenvalue weighted by Gasteiger charge is -2.49. The predicted octanol–water partition coefficient (Wildman–Crippen LogP) is 16.1. The molecule has 0 saturated heterocycles. The molecule has 3 aliphatic rings. The average molecular weight is 809 g/mol. The summed E-state index contributed by atoms with van der Waals surface area (Å²) in [4.78, 5) is 7.57. The first kappa shape index (κ1) is 39.6. The molecule has 0 unspecified atom stereocenters. The fourth-order valence-corrected chi connectivity index (χ4v) is 11.4. The maximum Gasteiger partial charge on any atom is 0.102 e. The van der Waals surface area contributed by atoms with Crippen molar-refractivity contribution in [1.82, 2.24) is 0 Å². The van der Waals surface area contributed by atoms with E-state index in [1.165, 1.54) is 38.9 Å². The summed E-state index contributed by atoms with van der Waals surface area (Å²) in [7, 11) is 0. The molecule has 3 aliphatic heterocycles. The van der Waals surface area contributed by atoms with Gasteiger partial charge in [-0.3, -0.25) is 0 Å². The van der Waals surface area contributed by atoms with Crippen LogP contribution in [0.25, 0.3) is 0 Å². The van der Waals surface area contributed by atoms with E-state index in [1.807, 2.05) is 0 Å². The molecule has 4 heteroatoms. The third kappa shape index (κ3) is 5.37. The minimum absolute atomic E-state index is 0.0342. The van der Waals surface area contributed by atoms with Crippen molar-refractivity contribution >= 4 is 51.2 Å². The molecule has 0 fully saturated rings. The van der Waals surface area contributed by atoms with Gasteiger partial charge in [-0.1, -0.05) is 178 Å². The molecular weight excluding hydrogens is 753 g/mol. The predicted molar refractivity (Wildman–Crippen MR) is 260 cm³/mol. The van der Waals surface area contributed by atoms with Crippen molar-refractivity contribution in [3.8, 4) is 6.07 Å². The Balaban J connectivity index is 1.50. The standard InChI is InChI=1S/C58H56N4/c1-36(2)51-38(35-59)53(60-45-29-17-11-23-39(45)56(5,6)40-24-12-18-30-46(40)60)55(62-49-33-21-15-27-43(49)58(9,10)44-28-16-22-34-50(44)62)54(52(51)37(3)4)61-47-31-19-13-25-41(47)57(7,8)42-26-14-20-32-48(42)61/h11-34,36-37H,1-10H3. The Morgan fingerprint density at radius 3 is 0.855 bits per heavy atom. The quantitative estimate of drug-likeness (QED) is 0.173. The first-order valence-electron chi connectivity index (χ1n) is 22.3. The average Bonchev–Trinajstić information content (AvgIpc) is 3.27. The smallest absolute Gasteiger partial charge is 0.102 e. The van der Waals surface area contributed by atoms with Crippen molar-refractivity contribution in [2.45, 2.75) is 97.3 Å². The molecule has 0 radical (unpaired) electrons. The molecule has 308 valence electrons. The summed E-state index contributed by atoms with van der Waals surface area (Å²) < 4.78 is 0. The molecule has 0 aliphatic carbocycles. The van der Waals surface area contributed by atoms with Gasteiger partial charge in [0.1, 0.15) is 6.07 Å². The molecule has 0 amide bonds. The number of para-hydroxylation sites is 6. The maximum atomic E-state index is 12.1. The van der Waals surface area contributed by atoms with Crippen LogP contribution in [-0.4, -0.2) is 0 Å². The van der Waals surface area contributed by atoms with Crippen LogP contribution in [0.4, 0.5) is 51.2 Å². The number of benzene rings is 7. The van der Waals surface area contributed by atoms with E-state index < -0.39 is 0 Å². The number of hydrogen-bond donors (Lipinski definition) is 0. The zero-order valence-corrected chi connectivity index (χ0v) is 37.8. The van der Waals surface area contributed by atoms with Gasteiger partial charge in [0.25, 0.3) is 0 Å². The van der Waals surface area contributed by atoms with Crippen LogP contribution in [0.2, 0.25) is 0 Å². The Kier molecular flexibility index (Phi) is 8.92. The van der Waals surface area contributed by atoms with Crippen LogP contribution in [0.5, 0.6) is 0 Å². The fraction of sp³-hybridized carbons (Fsp3) is 0.259. The summed E-state index contributed by atoms with van der Waals surface area (Å²) in [6, 6.07) is 56.6. The first-order valence-corrected chi connectivity index (χ1v) is 22.3. The zero-order chi connectivity index (χ0) is 43.5. The monoisotopic (exact) mass is 808 g/mol. The summed E-state index contributed by atoms with van der Waals surface area (Å²) in [5.74, 6) is 0.0926. The van der Waals surface area contributed by atoms with Gasteiger partial charge in [-0.15, -0.1) is 0 Å². The van der Waals surface area contributed by atoms with Crippen LogP contribution in [0.15, 0.2) is 146 Å². The van der Waals surface area contributed by atoms with E-state index in [-0.39, 0.29) is 28.1 Å². The van der Waals surface area contributed by atoms with Crippen LogP contribution >= 0.6 is 0 Å². The third-order valence-corrected chi connectivity index (χ3v) is 14.3.